The Morgan fingerprint density at radius 3 is 2.71 bits per heavy atom. The van der Waals surface area contributed by atoms with Crippen molar-refractivity contribution < 1.29 is 9.53 Å². The maximum atomic E-state index is 11.6. The predicted octanol–water partition coefficient (Wildman–Crippen LogP) is 3.68. The number of nitrogen functional groups attached to an aromatic ring is 1. The number of hydrogen-bond acceptors (Lipinski definition) is 4. The molecule has 0 bridgehead atoms. The summed E-state index contributed by atoms with van der Waals surface area (Å²) in [6.45, 7) is 6.92. The zero-order chi connectivity index (χ0) is 15.6. The molecule has 1 aromatic rings. The standard InChI is InChI=1S/C17H26N2O2/c1-11-7-13(10-17(2,3)9-11)19-15-8-12(16(20)21-4)5-6-14(15)18/h5-6,8,11,13,19H,7,9-10,18H2,1-4H3/t11-,13+/m0/s1. The minimum absolute atomic E-state index is 0.337. The van der Waals surface area contributed by atoms with E-state index in [-0.39, 0.29) is 5.97 Å². The van der Waals surface area contributed by atoms with E-state index in [1.165, 1.54) is 13.5 Å². The van der Waals surface area contributed by atoms with E-state index in [1.807, 2.05) is 0 Å². The molecule has 3 N–H and O–H groups in total. The lowest BCUT2D eigenvalue weighted by atomic mass is 9.70. The molecule has 1 aliphatic rings. The van der Waals surface area contributed by atoms with Crippen LogP contribution in [0.3, 0.4) is 0 Å². The Morgan fingerprint density at radius 1 is 1.38 bits per heavy atom. The van der Waals surface area contributed by atoms with E-state index in [9.17, 15) is 4.79 Å². The highest BCUT2D eigenvalue weighted by Gasteiger charge is 2.32. The Balaban J connectivity index is 2.17. The summed E-state index contributed by atoms with van der Waals surface area (Å²) in [7, 11) is 1.39. The molecule has 0 amide bonds. The quantitative estimate of drug-likeness (QED) is 0.658. The lowest BCUT2D eigenvalue weighted by Gasteiger charge is -2.39. The first-order valence-corrected chi connectivity index (χ1v) is 7.55. The second-order valence-corrected chi connectivity index (χ2v) is 7.05. The van der Waals surface area contributed by atoms with E-state index in [1.54, 1.807) is 18.2 Å². The van der Waals surface area contributed by atoms with Gasteiger partial charge in [0.1, 0.15) is 0 Å². The molecule has 0 heterocycles. The average Bonchev–Trinajstić information content (AvgIpc) is 2.38. The normalized spacial score (nSPS) is 24.4. The van der Waals surface area contributed by atoms with Crippen LogP contribution in [-0.2, 0) is 4.74 Å². The molecule has 1 fully saturated rings. The van der Waals surface area contributed by atoms with Gasteiger partial charge in [0.25, 0.3) is 0 Å². The number of hydrogen-bond donors (Lipinski definition) is 2. The fourth-order valence-electron chi connectivity index (χ4n) is 3.60. The molecule has 0 aromatic heterocycles. The minimum Gasteiger partial charge on any atom is -0.465 e. The lowest BCUT2D eigenvalue weighted by Crippen LogP contribution is -2.35. The van der Waals surface area contributed by atoms with Crippen molar-refractivity contribution in [1.29, 1.82) is 0 Å². The van der Waals surface area contributed by atoms with E-state index in [0.29, 0.717) is 28.6 Å². The van der Waals surface area contributed by atoms with Gasteiger partial charge >= 0.3 is 5.97 Å². The summed E-state index contributed by atoms with van der Waals surface area (Å²) in [5, 5.41) is 3.52. The third-order valence-corrected chi connectivity index (χ3v) is 4.22. The number of carbonyl (C=O) groups excluding carboxylic acids is 1. The zero-order valence-corrected chi connectivity index (χ0v) is 13.4. The molecule has 1 aliphatic carbocycles. The van der Waals surface area contributed by atoms with Crippen LogP contribution in [0.4, 0.5) is 11.4 Å². The molecule has 0 aliphatic heterocycles. The molecule has 0 radical (unpaired) electrons. The summed E-state index contributed by atoms with van der Waals surface area (Å²) >= 11 is 0. The van der Waals surface area contributed by atoms with Crippen LogP contribution in [-0.4, -0.2) is 19.1 Å². The van der Waals surface area contributed by atoms with E-state index < -0.39 is 0 Å². The molecule has 4 nitrogen and oxygen atoms in total. The number of nitrogens with one attached hydrogen (secondary N) is 1. The molecule has 116 valence electrons. The number of esters is 1. The fraction of sp³-hybridized carbons (Fsp3) is 0.588. The van der Waals surface area contributed by atoms with Gasteiger partial charge in [0, 0.05) is 6.04 Å². The fourth-order valence-corrected chi connectivity index (χ4v) is 3.60. The second-order valence-electron chi connectivity index (χ2n) is 7.05. The summed E-state index contributed by atoms with van der Waals surface area (Å²) in [5.41, 5.74) is 8.39. The van der Waals surface area contributed by atoms with Crippen LogP contribution >= 0.6 is 0 Å². The molecule has 2 atom stereocenters. The summed E-state index contributed by atoms with van der Waals surface area (Å²) in [5.74, 6) is 0.353. The smallest absolute Gasteiger partial charge is 0.337 e. The van der Waals surface area contributed by atoms with Gasteiger partial charge < -0.3 is 15.8 Å². The molecule has 0 unspecified atom stereocenters. The Labute approximate surface area is 127 Å². The van der Waals surface area contributed by atoms with Crippen molar-refractivity contribution in [2.45, 2.75) is 46.1 Å². The van der Waals surface area contributed by atoms with Gasteiger partial charge in [0.15, 0.2) is 0 Å². The lowest BCUT2D eigenvalue weighted by molar-refractivity contribution is 0.0601. The van der Waals surface area contributed by atoms with Crippen molar-refractivity contribution in [3.63, 3.8) is 0 Å². The maximum Gasteiger partial charge on any atom is 0.337 e. The predicted molar refractivity (Wildman–Crippen MR) is 86.4 cm³/mol. The van der Waals surface area contributed by atoms with Crippen LogP contribution < -0.4 is 11.1 Å². The topological polar surface area (TPSA) is 64.3 Å². The van der Waals surface area contributed by atoms with Crippen molar-refractivity contribution in [3.05, 3.63) is 23.8 Å². The number of anilines is 2. The van der Waals surface area contributed by atoms with Crippen molar-refractivity contribution in [2.75, 3.05) is 18.2 Å². The highest BCUT2D eigenvalue weighted by Crippen LogP contribution is 2.40. The first-order valence-electron chi connectivity index (χ1n) is 7.55. The highest BCUT2D eigenvalue weighted by atomic mass is 16.5. The average molecular weight is 290 g/mol. The Morgan fingerprint density at radius 2 is 2.10 bits per heavy atom. The first kappa shape index (κ1) is 15.7. The summed E-state index contributed by atoms with van der Waals surface area (Å²) < 4.78 is 4.76. The summed E-state index contributed by atoms with van der Waals surface area (Å²) in [4.78, 5) is 11.6. The molecular formula is C17H26N2O2. The molecule has 4 heteroatoms. The molecule has 0 saturated heterocycles. The molecule has 0 spiro atoms. The van der Waals surface area contributed by atoms with E-state index in [2.05, 4.69) is 26.1 Å². The Bertz CT molecular complexity index is 526. The number of rotatable bonds is 3. The second kappa shape index (κ2) is 5.96. The zero-order valence-electron chi connectivity index (χ0n) is 13.4. The van der Waals surface area contributed by atoms with E-state index in [4.69, 9.17) is 10.5 Å². The van der Waals surface area contributed by atoms with E-state index in [0.717, 1.165) is 18.5 Å². The summed E-state index contributed by atoms with van der Waals surface area (Å²) in [6, 6.07) is 5.62. The van der Waals surface area contributed by atoms with E-state index >= 15 is 0 Å². The molecule has 1 saturated carbocycles. The van der Waals surface area contributed by atoms with Gasteiger partial charge in [-0.1, -0.05) is 20.8 Å². The minimum atomic E-state index is -0.338. The summed E-state index contributed by atoms with van der Waals surface area (Å²) in [6.07, 6.45) is 3.49. The van der Waals surface area contributed by atoms with Crippen LogP contribution in [0, 0.1) is 11.3 Å². The van der Waals surface area contributed by atoms with Crippen LogP contribution in [0.5, 0.6) is 0 Å². The van der Waals surface area contributed by atoms with Crippen molar-refractivity contribution in [1.82, 2.24) is 0 Å². The van der Waals surface area contributed by atoms with Crippen LogP contribution in [0.25, 0.3) is 0 Å². The third kappa shape index (κ3) is 3.90. The number of nitrogens with two attached hydrogens (primary N) is 1. The van der Waals surface area contributed by atoms with Gasteiger partial charge in [-0.3, -0.25) is 0 Å². The van der Waals surface area contributed by atoms with Crippen molar-refractivity contribution >= 4 is 17.3 Å². The third-order valence-electron chi connectivity index (χ3n) is 4.22. The Hall–Kier alpha value is -1.71. The number of carbonyl (C=O) groups is 1. The molecule has 1 aromatic carbocycles. The SMILES string of the molecule is COC(=O)c1ccc(N)c(N[C@@H]2C[C@H](C)CC(C)(C)C2)c1. The highest BCUT2D eigenvalue weighted by molar-refractivity contribution is 5.92. The molecule has 21 heavy (non-hydrogen) atoms. The van der Waals surface area contributed by atoms with Gasteiger partial charge in [0.2, 0.25) is 0 Å². The monoisotopic (exact) mass is 290 g/mol. The number of ether oxygens (including phenoxy) is 1. The Kier molecular flexibility index (Phi) is 4.45. The first-order chi connectivity index (χ1) is 9.80. The van der Waals surface area contributed by atoms with Crippen molar-refractivity contribution in [3.8, 4) is 0 Å². The van der Waals surface area contributed by atoms with Gasteiger partial charge in [-0.25, -0.2) is 4.79 Å². The van der Waals surface area contributed by atoms with Gasteiger partial charge in [0.05, 0.1) is 24.0 Å². The molecule has 2 rings (SSSR count). The van der Waals surface area contributed by atoms with Gasteiger partial charge in [-0.2, -0.15) is 0 Å². The molecular weight excluding hydrogens is 264 g/mol. The van der Waals surface area contributed by atoms with Gasteiger partial charge in [-0.15, -0.1) is 0 Å². The number of methoxy groups -OCH3 is 1. The van der Waals surface area contributed by atoms with Crippen LogP contribution in [0.15, 0.2) is 18.2 Å². The number of benzene rings is 1. The van der Waals surface area contributed by atoms with Crippen molar-refractivity contribution in [2.24, 2.45) is 11.3 Å². The maximum absolute atomic E-state index is 11.6. The van der Waals surface area contributed by atoms with Gasteiger partial charge in [-0.05, 0) is 48.8 Å². The van der Waals surface area contributed by atoms with Crippen LogP contribution in [0.2, 0.25) is 0 Å². The van der Waals surface area contributed by atoms with Crippen LogP contribution in [0.1, 0.15) is 50.4 Å². The largest absolute Gasteiger partial charge is 0.465 e.